The van der Waals surface area contributed by atoms with E-state index in [1.54, 1.807) is 12.1 Å². The Balaban J connectivity index is 1.51. The molecule has 2 amide bonds. The third-order valence-corrected chi connectivity index (χ3v) is 7.16. The standard InChI is InChI=1S/C22H34N4O6S/c1-13(2)23-22(28)32-17-6-5-14(9-17)18-12-20(26-25-18)24-21(27)11-15-10-16(31-3)7-8-19(15)33(4,29)30/h7-8,10,13-14,17-18,20,25-26H,5-6,9,11-12H2,1-4H3,(H,23,28)(H,24,27)/t14-,17+,18?,20?/m0/s1. The molecule has 184 valence electrons. The molecular formula is C22H34N4O6S. The molecule has 1 saturated carbocycles. The molecule has 1 aromatic rings. The number of sulfone groups is 1. The molecule has 2 aliphatic rings. The van der Waals surface area contributed by atoms with E-state index in [-0.39, 0.29) is 47.7 Å². The highest BCUT2D eigenvalue weighted by molar-refractivity contribution is 7.90. The highest BCUT2D eigenvalue weighted by Gasteiger charge is 2.37. The molecule has 0 radical (unpaired) electrons. The predicted molar refractivity (Wildman–Crippen MR) is 122 cm³/mol. The molecule has 1 aliphatic carbocycles. The van der Waals surface area contributed by atoms with Crippen molar-refractivity contribution in [3.8, 4) is 5.75 Å². The Bertz CT molecular complexity index is 968. The van der Waals surface area contributed by atoms with Crippen LogP contribution in [0.25, 0.3) is 0 Å². The minimum absolute atomic E-state index is 0.0326. The van der Waals surface area contributed by atoms with Crippen LogP contribution in [0.5, 0.6) is 5.75 Å². The predicted octanol–water partition coefficient (Wildman–Crippen LogP) is 1.25. The first-order valence-electron chi connectivity index (χ1n) is 11.2. The Labute approximate surface area is 195 Å². The SMILES string of the molecule is COc1ccc(S(C)(=O)=O)c(CC(=O)NC2CC([C@H]3CC[C@@H](OC(=O)NC(C)C)C3)NN2)c1. The van der Waals surface area contributed by atoms with Gasteiger partial charge in [0.05, 0.1) is 24.6 Å². The van der Waals surface area contributed by atoms with Crippen LogP contribution in [0.1, 0.15) is 45.1 Å². The van der Waals surface area contributed by atoms with Crippen molar-refractivity contribution in [1.29, 1.82) is 0 Å². The summed E-state index contributed by atoms with van der Waals surface area (Å²) in [6.07, 6.45) is 3.47. The summed E-state index contributed by atoms with van der Waals surface area (Å²) in [7, 11) is -1.99. The monoisotopic (exact) mass is 482 g/mol. The fraction of sp³-hybridized carbons (Fsp3) is 0.636. The van der Waals surface area contributed by atoms with Crippen LogP contribution in [-0.4, -0.2) is 58.1 Å². The van der Waals surface area contributed by atoms with Gasteiger partial charge in [0.15, 0.2) is 9.84 Å². The molecule has 1 heterocycles. The van der Waals surface area contributed by atoms with E-state index in [4.69, 9.17) is 9.47 Å². The molecular weight excluding hydrogens is 448 g/mol. The van der Waals surface area contributed by atoms with Gasteiger partial charge in [-0.2, -0.15) is 0 Å². The summed E-state index contributed by atoms with van der Waals surface area (Å²) in [6.45, 7) is 3.77. The third-order valence-electron chi connectivity index (χ3n) is 5.96. The van der Waals surface area contributed by atoms with E-state index < -0.39 is 9.84 Å². The Hall–Kier alpha value is -2.37. The van der Waals surface area contributed by atoms with Crippen molar-refractivity contribution in [2.75, 3.05) is 13.4 Å². The molecule has 0 aromatic heterocycles. The van der Waals surface area contributed by atoms with Crippen molar-refractivity contribution in [3.63, 3.8) is 0 Å². The molecule has 1 aromatic carbocycles. The lowest BCUT2D eigenvalue weighted by Crippen LogP contribution is -2.45. The van der Waals surface area contributed by atoms with Crippen LogP contribution in [0.3, 0.4) is 0 Å². The van der Waals surface area contributed by atoms with Gasteiger partial charge < -0.3 is 20.1 Å². The summed E-state index contributed by atoms with van der Waals surface area (Å²) < 4.78 is 34.8. The van der Waals surface area contributed by atoms with Crippen molar-refractivity contribution >= 4 is 21.8 Å². The largest absolute Gasteiger partial charge is 0.497 e. The van der Waals surface area contributed by atoms with Gasteiger partial charge in [-0.05, 0) is 69.2 Å². The van der Waals surface area contributed by atoms with E-state index in [0.717, 1.165) is 25.5 Å². The highest BCUT2D eigenvalue weighted by atomic mass is 32.2. The smallest absolute Gasteiger partial charge is 0.407 e. The lowest BCUT2D eigenvalue weighted by molar-refractivity contribution is -0.121. The lowest BCUT2D eigenvalue weighted by Gasteiger charge is -2.19. The molecule has 2 unspecified atom stereocenters. The summed E-state index contributed by atoms with van der Waals surface area (Å²) >= 11 is 0. The molecule has 4 N–H and O–H groups in total. The summed E-state index contributed by atoms with van der Waals surface area (Å²) in [5.41, 5.74) is 6.74. The van der Waals surface area contributed by atoms with Crippen LogP contribution >= 0.6 is 0 Å². The number of hydrogen-bond donors (Lipinski definition) is 4. The van der Waals surface area contributed by atoms with Crippen molar-refractivity contribution in [2.45, 2.75) is 75.2 Å². The van der Waals surface area contributed by atoms with E-state index in [0.29, 0.717) is 23.7 Å². The number of benzene rings is 1. The number of nitrogens with one attached hydrogen (secondary N) is 4. The summed E-state index contributed by atoms with van der Waals surface area (Å²) in [6, 6.07) is 4.77. The summed E-state index contributed by atoms with van der Waals surface area (Å²) in [5.74, 6) is 0.531. The maximum absolute atomic E-state index is 12.7. The average Bonchev–Trinajstić information content (AvgIpc) is 3.35. The quantitative estimate of drug-likeness (QED) is 0.435. The minimum Gasteiger partial charge on any atom is -0.497 e. The molecule has 10 nitrogen and oxygen atoms in total. The molecule has 1 saturated heterocycles. The summed E-state index contributed by atoms with van der Waals surface area (Å²) in [4.78, 5) is 24.6. The van der Waals surface area contributed by atoms with Gasteiger partial charge >= 0.3 is 6.09 Å². The number of carbonyl (C=O) groups is 2. The molecule has 3 rings (SSSR count). The first kappa shape index (κ1) is 25.3. The van der Waals surface area contributed by atoms with Gasteiger partial charge in [-0.3, -0.25) is 10.2 Å². The van der Waals surface area contributed by atoms with Crippen molar-refractivity contribution in [1.82, 2.24) is 21.5 Å². The highest BCUT2D eigenvalue weighted by Crippen LogP contribution is 2.33. The Morgan fingerprint density at radius 1 is 1.18 bits per heavy atom. The molecule has 0 spiro atoms. The first-order chi connectivity index (χ1) is 15.5. The van der Waals surface area contributed by atoms with Crippen LogP contribution in [0, 0.1) is 5.92 Å². The van der Waals surface area contributed by atoms with E-state index in [1.165, 1.54) is 13.2 Å². The number of rotatable bonds is 8. The van der Waals surface area contributed by atoms with Gasteiger partial charge in [0.2, 0.25) is 5.91 Å². The van der Waals surface area contributed by atoms with Gasteiger partial charge in [0, 0.05) is 18.3 Å². The van der Waals surface area contributed by atoms with Crippen LogP contribution in [-0.2, 0) is 25.8 Å². The molecule has 2 fully saturated rings. The number of hydrazine groups is 1. The van der Waals surface area contributed by atoms with Crippen LogP contribution in [0.4, 0.5) is 4.79 Å². The van der Waals surface area contributed by atoms with Crippen LogP contribution < -0.4 is 26.2 Å². The molecule has 11 heteroatoms. The van der Waals surface area contributed by atoms with Gasteiger partial charge in [0.1, 0.15) is 11.9 Å². The fourth-order valence-electron chi connectivity index (χ4n) is 4.45. The number of amides is 2. The second kappa shape index (κ2) is 10.7. The van der Waals surface area contributed by atoms with Gasteiger partial charge in [-0.15, -0.1) is 0 Å². The molecule has 0 bridgehead atoms. The zero-order valence-electron chi connectivity index (χ0n) is 19.5. The Morgan fingerprint density at radius 3 is 2.61 bits per heavy atom. The zero-order chi connectivity index (χ0) is 24.2. The molecule has 4 atom stereocenters. The van der Waals surface area contributed by atoms with Crippen molar-refractivity contribution < 1.29 is 27.5 Å². The average molecular weight is 483 g/mol. The van der Waals surface area contributed by atoms with Gasteiger partial charge in [-0.25, -0.2) is 18.6 Å². The second-order valence-electron chi connectivity index (χ2n) is 9.07. The summed E-state index contributed by atoms with van der Waals surface area (Å²) in [5, 5.41) is 5.66. The number of hydrogen-bond acceptors (Lipinski definition) is 8. The second-order valence-corrected chi connectivity index (χ2v) is 11.1. The van der Waals surface area contributed by atoms with Gasteiger partial charge in [0.25, 0.3) is 0 Å². The van der Waals surface area contributed by atoms with Crippen LogP contribution in [0.2, 0.25) is 0 Å². The maximum atomic E-state index is 12.7. The third kappa shape index (κ3) is 7.05. The van der Waals surface area contributed by atoms with Crippen LogP contribution in [0.15, 0.2) is 23.1 Å². The Kier molecular flexibility index (Phi) is 8.19. The van der Waals surface area contributed by atoms with Crippen molar-refractivity contribution in [3.05, 3.63) is 23.8 Å². The molecule has 1 aliphatic heterocycles. The fourth-order valence-corrected chi connectivity index (χ4v) is 5.38. The number of methoxy groups -OCH3 is 1. The van der Waals surface area contributed by atoms with E-state index in [2.05, 4.69) is 21.5 Å². The van der Waals surface area contributed by atoms with E-state index in [9.17, 15) is 18.0 Å². The number of alkyl carbamates (subject to hydrolysis) is 1. The number of carbonyl (C=O) groups excluding carboxylic acids is 2. The van der Waals surface area contributed by atoms with Gasteiger partial charge in [-0.1, -0.05) is 0 Å². The zero-order valence-corrected chi connectivity index (χ0v) is 20.3. The topological polar surface area (TPSA) is 135 Å². The lowest BCUT2D eigenvalue weighted by atomic mass is 9.96. The number of ether oxygens (including phenoxy) is 2. The molecule has 33 heavy (non-hydrogen) atoms. The Morgan fingerprint density at radius 2 is 1.94 bits per heavy atom. The maximum Gasteiger partial charge on any atom is 0.407 e. The van der Waals surface area contributed by atoms with E-state index in [1.807, 2.05) is 13.8 Å². The van der Waals surface area contributed by atoms with Crippen molar-refractivity contribution in [2.24, 2.45) is 5.92 Å². The van der Waals surface area contributed by atoms with E-state index >= 15 is 0 Å². The minimum atomic E-state index is -3.48. The normalized spacial score (nSPS) is 25.1. The first-order valence-corrected chi connectivity index (χ1v) is 13.1.